The minimum atomic E-state index is -1.77. The van der Waals surface area contributed by atoms with Gasteiger partial charge in [-0.3, -0.25) is 52.9 Å². The number of likely N-dealkylation sites (tertiary alicyclic amines) is 1. The number of nitrogens with one attached hydrogen (secondary N) is 10. The third kappa shape index (κ3) is 22.7. The van der Waals surface area contributed by atoms with Crippen LogP contribution in [0.5, 0.6) is 5.75 Å². The molecule has 10 amide bonds. The van der Waals surface area contributed by atoms with Crippen LogP contribution in [-0.4, -0.2) is 171 Å². The van der Waals surface area contributed by atoms with E-state index in [0.29, 0.717) is 48.2 Å². The van der Waals surface area contributed by atoms with Crippen molar-refractivity contribution >= 4 is 70.6 Å². The molecule has 2 saturated heterocycles. The van der Waals surface area contributed by atoms with Crippen molar-refractivity contribution in [2.24, 2.45) is 27.8 Å². The highest BCUT2D eigenvalue weighted by molar-refractivity contribution is 5.99. The van der Waals surface area contributed by atoms with Crippen LogP contribution in [-0.2, 0) is 60.8 Å². The minimum Gasteiger partial charge on any atom is -0.508 e. The number of imidazole rings is 1. The zero-order valence-corrected chi connectivity index (χ0v) is 52.0. The lowest BCUT2D eigenvalue weighted by molar-refractivity contribution is -0.142. The molecule has 0 radical (unpaired) electrons. The molecule has 27 heteroatoms. The van der Waals surface area contributed by atoms with E-state index >= 15 is 0 Å². The molecular formula is C62H91N15O12. The fourth-order valence-electron chi connectivity index (χ4n) is 10.5. The van der Waals surface area contributed by atoms with Gasteiger partial charge in [0.25, 0.3) is 0 Å². The molecule has 2 aromatic carbocycles. The minimum absolute atomic E-state index is 0.0405. The van der Waals surface area contributed by atoms with Crippen molar-refractivity contribution in [3.05, 3.63) is 90.0 Å². The summed E-state index contributed by atoms with van der Waals surface area (Å²) in [6, 6.07) is 1.45. The van der Waals surface area contributed by atoms with Crippen LogP contribution in [0.25, 0.3) is 5.57 Å². The summed E-state index contributed by atoms with van der Waals surface area (Å²) in [5.74, 6) is -7.39. The van der Waals surface area contributed by atoms with E-state index in [1.165, 1.54) is 41.7 Å². The molecule has 2 aliphatic rings. The van der Waals surface area contributed by atoms with Gasteiger partial charge in [-0.15, -0.1) is 0 Å². The largest absolute Gasteiger partial charge is 0.508 e. The Hall–Kier alpha value is -8.88. The molecule has 3 aromatic rings. The van der Waals surface area contributed by atoms with Gasteiger partial charge in [-0.1, -0.05) is 77.6 Å². The quantitative estimate of drug-likeness (QED) is 0.0217. The first-order valence-corrected chi connectivity index (χ1v) is 30.3. The number of rotatable bonds is 33. The number of hydrogen-bond acceptors (Lipinski definition) is 14. The number of phenols is 1. The van der Waals surface area contributed by atoms with Crippen molar-refractivity contribution in [2.75, 3.05) is 26.2 Å². The lowest BCUT2D eigenvalue weighted by Crippen LogP contribution is -2.61. The molecule has 486 valence electrons. The van der Waals surface area contributed by atoms with E-state index in [0.717, 1.165) is 5.56 Å². The van der Waals surface area contributed by atoms with Crippen molar-refractivity contribution < 1.29 is 58.2 Å². The number of aromatic hydroxyl groups is 1. The van der Waals surface area contributed by atoms with E-state index in [1.54, 1.807) is 19.1 Å². The van der Waals surface area contributed by atoms with Gasteiger partial charge in [-0.2, -0.15) is 0 Å². The van der Waals surface area contributed by atoms with Crippen LogP contribution in [0.4, 0.5) is 0 Å². The second kappa shape index (κ2) is 34.0. The van der Waals surface area contributed by atoms with Crippen LogP contribution >= 0.6 is 0 Å². The number of phenolic OH excluding ortho intramolecular Hbond substituents is 1. The molecule has 5 rings (SSSR count). The van der Waals surface area contributed by atoms with Gasteiger partial charge < -0.3 is 79.4 Å². The van der Waals surface area contributed by atoms with Crippen molar-refractivity contribution in [3.8, 4) is 5.75 Å². The lowest BCUT2D eigenvalue weighted by atomic mass is 9.88. The molecule has 89 heavy (non-hydrogen) atoms. The first-order chi connectivity index (χ1) is 42.2. The molecular weight excluding hydrogens is 1150 g/mol. The number of aliphatic imine (C=N–C) groups is 1. The van der Waals surface area contributed by atoms with Crippen molar-refractivity contribution in [1.82, 2.24) is 62.7 Å². The highest BCUT2D eigenvalue weighted by Crippen LogP contribution is 2.25. The Morgan fingerprint density at radius 2 is 1.36 bits per heavy atom. The van der Waals surface area contributed by atoms with Crippen LogP contribution in [0.2, 0.25) is 0 Å². The molecule has 9 atom stereocenters. The monoisotopic (exact) mass is 1240 g/mol. The number of aromatic amines is 1. The Bertz CT molecular complexity index is 2980. The molecule has 16 N–H and O–H groups in total. The number of guanidine groups is 1. The smallest absolute Gasteiger partial charge is 0.245 e. The van der Waals surface area contributed by atoms with Crippen molar-refractivity contribution in [2.45, 2.75) is 180 Å². The van der Waals surface area contributed by atoms with E-state index in [1.807, 2.05) is 53.7 Å². The lowest BCUT2D eigenvalue weighted by Gasteiger charge is -2.31. The molecule has 2 fully saturated rings. The Morgan fingerprint density at radius 3 is 1.97 bits per heavy atom. The SMILES string of the molecule is C=C(CC(NC(=O)C(Cc1cnc[nH]1)NC(=O)C1CCC(=O)N1)C(=O)NC(CO)C(=O)NC(Cc1ccc(O)cc1)C(=O)NC(CCC(C)(C)C)C(=O)NC(CC(C)C)C(=O)NC(CCCN=C(N)N)C(=O)N1CCCC1C(=O)NCC)c1ccccc1C. The van der Waals surface area contributed by atoms with Crippen LogP contribution < -0.4 is 59.3 Å². The van der Waals surface area contributed by atoms with Crippen molar-refractivity contribution in [1.29, 1.82) is 0 Å². The summed E-state index contributed by atoms with van der Waals surface area (Å²) in [6.07, 6.45) is 4.41. The van der Waals surface area contributed by atoms with Crippen LogP contribution in [0.1, 0.15) is 128 Å². The molecule has 27 nitrogen and oxygen atoms in total. The predicted octanol–water partition coefficient (Wildman–Crippen LogP) is 0.0300. The molecule has 1 aromatic heterocycles. The summed E-state index contributed by atoms with van der Waals surface area (Å²) < 4.78 is 0. The number of nitrogens with zero attached hydrogens (tertiary/aromatic N) is 3. The molecule has 9 unspecified atom stereocenters. The number of hydrogen-bond donors (Lipinski definition) is 14. The number of likely N-dealkylation sites (N-methyl/N-ethyl adjacent to an activating group) is 1. The fraction of sp³-hybridized carbons (Fsp3) is 0.548. The number of aliphatic hydroxyl groups excluding tert-OH is 1. The second-order valence-electron chi connectivity index (χ2n) is 24.3. The Balaban J connectivity index is 1.41. The normalized spacial score (nSPS) is 17.0. The number of nitrogens with two attached hydrogens (primary N) is 2. The average Bonchev–Trinajstić information content (AvgIpc) is 2.56. The average molecular weight is 1240 g/mol. The Labute approximate surface area is 519 Å². The maximum absolute atomic E-state index is 14.8. The molecule has 3 heterocycles. The van der Waals surface area contributed by atoms with Gasteiger partial charge >= 0.3 is 0 Å². The molecule has 0 aliphatic carbocycles. The topological polar surface area (TPSA) is 416 Å². The summed E-state index contributed by atoms with van der Waals surface area (Å²) >= 11 is 0. The first-order valence-electron chi connectivity index (χ1n) is 30.3. The zero-order valence-electron chi connectivity index (χ0n) is 52.0. The molecule has 0 spiro atoms. The molecule has 0 saturated carbocycles. The first kappa shape index (κ1) is 70.9. The number of H-pyrrole nitrogens is 1. The summed E-state index contributed by atoms with van der Waals surface area (Å²) in [7, 11) is 0. The number of benzene rings is 2. The molecule has 2 aliphatic heterocycles. The summed E-state index contributed by atoms with van der Waals surface area (Å²) in [5.41, 5.74) is 13.5. The number of aromatic nitrogens is 2. The van der Waals surface area contributed by atoms with Gasteiger partial charge in [0.1, 0.15) is 60.1 Å². The third-order valence-electron chi connectivity index (χ3n) is 15.3. The van der Waals surface area contributed by atoms with E-state index < -0.39 is 108 Å². The number of aryl methyl sites for hydroxylation is 1. The highest BCUT2D eigenvalue weighted by atomic mass is 16.3. The van der Waals surface area contributed by atoms with Gasteiger partial charge in [-0.25, -0.2) is 4.98 Å². The predicted molar refractivity (Wildman–Crippen MR) is 332 cm³/mol. The van der Waals surface area contributed by atoms with E-state index in [2.05, 4.69) is 69.4 Å². The zero-order chi connectivity index (χ0) is 65.5. The number of aliphatic hydroxyl groups is 1. The maximum Gasteiger partial charge on any atom is 0.245 e. The van der Waals surface area contributed by atoms with Crippen LogP contribution in [0.3, 0.4) is 0 Å². The number of carbonyl (C=O) groups excluding carboxylic acids is 10. The van der Waals surface area contributed by atoms with E-state index in [4.69, 9.17) is 11.5 Å². The van der Waals surface area contributed by atoms with Crippen LogP contribution in [0, 0.1) is 18.3 Å². The fourth-order valence-corrected chi connectivity index (χ4v) is 10.5. The summed E-state index contributed by atoms with van der Waals surface area (Å²) in [5, 5.41) is 45.3. The van der Waals surface area contributed by atoms with Gasteiger partial charge in [0.15, 0.2) is 5.96 Å². The number of carbonyl (C=O) groups is 10. The van der Waals surface area contributed by atoms with E-state index in [9.17, 15) is 58.2 Å². The van der Waals surface area contributed by atoms with Crippen LogP contribution in [0.15, 0.2) is 72.6 Å². The third-order valence-corrected chi connectivity index (χ3v) is 15.3. The van der Waals surface area contributed by atoms with Gasteiger partial charge in [0, 0.05) is 57.2 Å². The summed E-state index contributed by atoms with van der Waals surface area (Å²) in [4.78, 5) is 153. The van der Waals surface area contributed by atoms with E-state index in [-0.39, 0.29) is 106 Å². The van der Waals surface area contributed by atoms with Gasteiger partial charge in [-0.05, 0) is 111 Å². The second-order valence-corrected chi connectivity index (χ2v) is 24.3. The number of amides is 10. The highest BCUT2D eigenvalue weighted by Gasteiger charge is 2.40. The Morgan fingerprint density at radius 1 is 0.764 bits per heavy atom. The standard InChI is InChI=1S/C62H91N15O12/c1-9-66-59(88)50-17-13-27-77(50)60(89)44(16-12-26-67-61(63)64)71-54(83)45(28-35(2)3)72-53(82)43(24-25-62(6,7)8)70-56(85)47(30-38-18-20-40(79)21-19-38)74-58(87)49(33-78)76-55(84)46(29-37(5)41-15-11-10-14-36(41)4)73-57(86)48(31-39-32-65-34-68-39)75-52(81)42-22-23-51(80)69-42/h10-11,14-15,18-21,32,34-35,42-50,78-79H,5,9,12-13,16-17,22-31,33H2,1-4,6-8H3,(H,65,68)(H,66,88)(H,69,80)(H,70,85)(H,71,83)(H,72,82)(H,73,86)(H,74,87)(H,75,81)(H,76,84)(H4,63,64,67). The Kier molecular flexibility index (Phi) is 27.1. The molecule has 0 bridgehead atoms. The van der Waals surface area contributed by atoms with Crippen molar-refractivity contribution in [3.63, 3.8) is 0 Å². The van der Waals surface area contributed by atoms with Gasteiger partial charge in [0.2, 0.25) is 59.1 Å². The maximum atomic E-state index is 14.8. The van der Waals surface area contributed by atoms with Gasteiger partial charge in [0.05, 0.1) is 12.9 Å². The summed E-state index contributed by atoms with van der Waals surface area (Å²) in [6.45, 7) is 17.0.